The maximum atomic E-state index is 12.1. The molecular weight excluding hydrogens is 242 g/mol. The largest absolute Gasteiger partial charge is 0.373 e. The van der Waals surface area contributed by atoms with E-state index in [1.54, 1.807) is 0 Å². The van der Waals surface area contributed by atoms with E-state index in [0.717, 1.165) is 38.8 Å². The molecule has 0 spiro atoms. The van der Waals surface area contributed by atoms with Gasteiger partial charge in [0.15, 0.2) is 0 Å². The van der Waals surface area contributed by atoms with Gasteiger partial charge in [0.1, 0.15) is 5.54 Å². The van der Waals surface area contributed by atoms with Gasteiger partial charge in [0.25, 0.3) is 0 Å². The van der Waals surface area contributed by atoms with E-state index in [1.165, 1.54) is 0 Å². The molecule has 5 heteroatoms. The van der Waals surface area contributed by atoms with Crippen molar-refractivity contribution in [1.82, 2.24) is 10.2 Å². The number of morpholine rings is 1. The Kier molecular flexibility index (Phi) is 4.43. The van der Waals surface area contributed by atoms with Crippen molar-refractivity contribution in [1.29, 1.82) is 5.26 Å². The molecule has 0 unspecified atom stereocenters. The van der Waals surface area contributed by atoms with Gasteiger partial charge in [0.05, 0.1) is 24.8 Å². The Hall–Kier alpha value is -1.12. The standard InChI is InChI=1S/C14H23N3O2/c1-11-7-17(8-12(2)19-11)9-13(18)16-14(10-15)5-3-4-6-14/h11-12H,3-9H2,1-2H3,(H,16,18)/t11-,12-/m1/s1. The number of nitrogens with one attached hydrogen (secondary N) is 1. The van der Waals surface area contributed by atoms with E-state index in [0.29, 0.717) is 6.54 Å². The number of hydrogen-bond acceptors (Lipinski definition) is 4. The van der Waals surface area contributed by atoms with Crippen molar-refractivity contribution in [3.8, 4) is 6.07 Å². The lowest BCUT2D eigenvalue weighted by Crippen LogP contribution is -2.53. The maximum Gasteiger partial charge on any atom is 0.235 e. The van der Waals surface area contributed by atoms with Crippen LogP contribution in [0.2, 0.25) is 0 Å². The van der Waals surface area contributed by atoms with Gasteiger partial charge in [-0.3, -0.25) is 9.69 Å². The van der Waals surface area contributed by atoms with Crippen LogP contribution in [0.15, 0.2) is 0 Å². The van der Waals surface area contributed by atoms with Crippen molar-refractivity contribution in [2.24, 2.45) is 0 Å². The average Bonchev–Trinajstić information content (AvgIpc) is 2.76. The Balaban J connectivity index is 1.85. The highest BCUT2D eigenvalue weighted by Crippen LogP contribution is 2.28. The molecular formula is C14H23N3O2. The van der Waals surface area contributed by atoms with Gasteiger partial charge in [0, 0.05) is 13.1 Å². The van der Waals surface area contributed by atoms with Gasteiger partial charge >= 0.3 is 0 Å². The highest BCUT2D eigenvalue weighted by molar-refractivity contribution is 5.79. The first kappa shape index (κ1) is 14.3. The molecule has 1 aliphatic heterocycles. The van der Waals surface area contributed by atoms with Crippen molar-refractivity contribution in [3.05, 3.63) is 0 Å². The molecule has 1 saturated carbocycles. The molecule has 5 nitrogen and oxygen atoms in total. The number of nitriles is 1. The molecule has 2 rings (SSSR count). The molecule has 2 atom stereocenters. The summed E-state index contributed by atoms with van der Waals surface area (Å²) in [6.45, 7) is 5.96. The lowest BCUT2D eigenvalue weighted by Gasteiger charge is -2.35. The molecule has 0 bridgehead atoms. The quantitative estimate of drug-likeness (QED) is 0.828. The minimum Gasteiger partial charge on any atom is -0.373 e. The third-order valence-corrected chi connectivity index (χ3v) is 3.91. The first-order chi connectivity index (χ1) is 9.03. The molecule has 2 aliphatic rings. The summed E-state index contributed by atoms with van der Waals surface area (Å²) in [7, 11) is 0. The van der Waals surface area contributed by atoms with Gasteiger partial charge in [-0.2, -0.15) is 5.26 Å². The van der Waals surface area contributed by atoms with Gasteiger partial charge in [-0.25, -0.2) is 0 Å². The zero-order valence-electron chi connectivity index (χ0n) is 11.8. The number of hydrogen-bond donors (Lipinski definition) is 1. The highest BCUT2D eigenvalue weighted by Gasteiger charge is 2.36. The topological polar surface area (TPSA) is 65.4 Å². The number of amides is 1. The first-order valence-electron chi connectivity index (χ1n) is 7.13. The van der Waals surface area contributed by atoms with Crippen LogP contribution in [0, 0.1) is 11.3 Å². The Labute approximate surface area is 114 Å². The van der Waals surface area contributed by atoms with Crippen molar-refractivity contribution in [3.63, 3.8) is 0 Å². The van der Waals surface area contributed by atoms with Crippen LogP contribution in [-0.4, -0.2) is 48.2 Å². The fourth-order valence-corrected chi connectivity index (χ4v) is 3.17. The minimum atomic E-state index is -0.611. The fraction of sp³-hybridized carbons (Fsp3) is 0.857. The van der Waals surface area contributed by atoms with E-state index >= 15 is 0 Å². The van der Waals surface area contributed by atoms with Crippen molar-refractivity contribution in [2.45, 2.75) is 57.3 Å². The summed E-state index contributed by atoms with van der Waals surface area (Å²) in [6, 6.07) is 2.29. The Morgan fingerprint density at radius 3 is 2.47 bits per heavy atom. The molecule has 1 saturated heterocycles. The van der Waals surface area contributed by atoms with Crippen molar-refractivity contribution < 1.29 is 9.53 Å². The second-order valence-corrected chi connectivity index (χ2v) is 5.90. The molecule has 0 aromatic rings. The van der Waals surface area contributed by atoms with E-state index in [1.807, 2.05) is 13.8 Å². The third-order valence-electron chi connectivity index (χ3n) is 3.91. The normalized spacial score (nSPS) is 30.8. The van der Waals surface area contributed by atoms with E-state index in [2.05, 4.69) is 16.3 Å². The summed E-state index contributed by atoms with van der Waals surface area (Å²) in [5, 5.41) is 12.2. The second-order valence-electron chi connectivity index (χ2n) is 5.90. The number of carbonyl (C=O) groups excluding carboxylic acids is 1. The van der Waals surface area contributed by atoms with Gasteiger partial charge in [-0.15, -0.1) is 0 Å². The molecule has 106 valence electrons. The Bertz CT molecular complexity index is 361. The minimum absolute atomic E-state index is 0.0373. The van der Waals surface area contributed by atoms with Crippen molar-refractivity contribution in [2.75, 3.05) is 19.6 Å². The highest BCUT2D eigenvalue weighted by atomic mass is 16.5. The van der Waals surface area contributed by atoms with Gasteiger partial charge in [0.2, 0.25) is 5.91 Å². The third kappa shape index (κ3) is 3.68. The Morgan fingerprint density at radius 2 is 1.95 bits per heavy atom. The molecule has 1 amide bonds. The van der Waals surface area contributed by atoms with Crippen molar-refractivity contribution >= 4 is 5.91 Å². The summed E-state index contributed by atoms with van der Waals surface area (Å²) in [5.74, 6) is -0.0373. The summed E-state index contributed by atoms with van der Waals surface area (Å²) < 4.78 is 5.65. The van der Waals surface area contributed by atoms with Crippen LogP contribution in [0.1, 0.15) is 39.5 Å². The zero-order chi connectivity index (χ0) is 13.9. The van der Waals surface area contributed by atoms with E-state index in [-0.39, 0.29) is 18.1 Å². The number of carbonyl (C=O) groups is 1. The maximum absolute atomic E-state index is 12.1. The molecule has 1 heterocycles. The molecule has 0 aromatic heterocycles. The van der Waals surface area contributed by atoms with Crippen LogP contribution >= 0.6 is 0 Å². The molecule has 0 radical (unpaired) electrons. The monoisotopic (exact) mass is 265 g/mol. The van der Waals surface area contributed by atoms with E-state index < -0.39 is 5.54 Å². The summed E-state index contributed by atoms with van der Waals surface area (Å²) in [5.41, 5.74) is -0.611. The van der Waals surface area contributed by atoms with Gasteiger partial charge in [-0.05, 0) is 39.5 Å². The second kappa shape index (κ2) is 5.89. The zero-order valence-corrected chi connectivity index (χ0v) is 11.8. The van der Waals surface area contributed by atoms with Crippen LogP contribution < -0.4 is 5.32 Å². The predicted octanol–water partition coefficient (Wildman–Crippen LogP) is 1.05. The van der Waals surface area contributed by atoms with E-state index in [9.17, 15) is 10.1 Å². The van der Waals surface area contributed by atoms with Crippen LogP contribution in [0.5, 0.6) is 0 Å². The number of nitrogens with zero attached hydrogens (tertiary/aromatic N) is 2. The van der Waals surface area contributed by atoms with Crippen LogP contribution in [0.25, 0.3) is 0 Å². The summed E-state index contributed by atoms with van der Waals surface area (Å²) in [4.78, 5) is 14.2. The van der Waals surface area contributed by atoms with Crippen LogP contribution in [0.4, 0.5) is 0 Å². The lowest BCUT2D eigenvalue weighted by molar-refractivity contribution is -0.127. The lowest BCUT2D eigenvalue weighted by atomic mass is 10.00. The van der Waals surface area contributed by atoms with Gasteiger partial charge < -0.3 is 10.1 Å². The Morgan fingerprint density at radius 1 is 1.37 bits per heavy atom. The number of ether oxygens (including phenoxy) is 1. The molecule has 19 heavy (non-hydrogen) atoms. The SMILES string of the molecule is C[C@@H]1CN(CC(=O)NC2(C#N)CCCC2)C[C@@H](C)O1. The summed E-state index contributed by atoms with van der Waals surface area (Å²) in [6.07, 6.45) is 3.94. The summed E-state index contributed by atoms with van der Waals surface area (Å²) >= 11 is 0. The predicted molar refractivity (Wildman–Crippen MR) is 71.4 cm³/mol. The van der Waals surface area contributed by atoms with Gasteiger partial charge in [-0.1, -0.05) is 0 Å². The van der Waals surface area contributed by atoms with Crippen LogP contribution in [0.3, 0.4) is 0 Å². The first-order valence-corrected chi connectivity index (χ1v) is 7.13. The average molecular weight is 265 g/mol. The molecule has 2 fully saturated rings. The molecule has 1 N–H and O–H groups in total. The molecule has 0 aromatic carbocycles. The fourth-order valence-electron chi connectivity index (χ4n) is 3.17. The number of rotatable bonds is 3. The van der Waals surface area contributed by atoms with E-state index in [4.69, 9.17) is 4.74 Å². The van der Waals surface area contributed by atoms with Crippen LogP contribution in [-0.2, 0) is 9.53 Å². The molecule has 1 aliphatic carbocycles. The smallest absolute Gasteiger partial charge is 0.235 e.